The number of benzene rings is 3. The highest BCUT2D eigenvalue weighted by Gasteiger charge is 2.50. The predicted molar refractivity (Wildman–Crippen MR) is 172 cm³/mol. The van der Waals surface area contributed by atoms with E-state index in [2.05, 4.69) is 5.32 Å². The van der Waals surface area contributed by atoms with E-state index in [-0.39, 0.29) is 34.3 Å². The molecule has 1 aliphatic heterocycles. The van der Waals surface area contributed by atoms with Gasteiger partial charge in [-0.05, 0) is 73.7 Å². The summed E-state index contributed by atoms with van der Waals surface area (Å²) in [4.78, 5) is 25.7. The summed E-state index contributed by atoms with van der Waals surface area (Å²) in [6.45, 7) is 4.46. The number of aliphatic carboxylic acids is 1. The Morgan fingerprint density at radius 2 is 1.60 bits per heavy atom. The van der Waals surface area contributed by atoms with Gasteiger partial charge in [-0.25, -0.2) is 13.2 Å². The molecule has 4 rings (SSSR count). The molecule has 0 radical (unpaired) electrons. The highest BCUT2D eigenvalue weighted by molar-refractivity contribution is 7.89. The fourth-order valence-electron chi connectivity index (χ4n) is 5.47. The Morgan fingerprint density at radius 3 is 2.13 bits per heavy atom. The van der Waals surface area contributed by atoms with Crippen molar-refractivity contribution in [1.82, 2.24) is 9.62 Å². The fourth-order valence-corrected chi connectivity index (χ4v) is 8.00. The normalized spacial score (nSPS) is 17.6. The molecule has 1 heterocycles. The number of amides is 1. The van der Waals surface area contributed by atoms with Gasteiger partial charge in [0.05, 0.1) is 31.3 Å². The molecule has 3 aromatic rings. The van der Waals surface area contributed by atoms with Crippen LogP contribution in [0, 0.1) is 0 Å². The summed E-state index contributed by atoms with van der Waals surface area (Å²) in [6.07, 6.45) is 0.590. The maximum absolute atomic E-state index is 13.6. The second-order valence-electron chi connectivity index (χ2n) is 10.8. The van der Waals surface area contributed by atoms with Crippen LogP contribution in [0.3, 0.4) is 0 Å². The number of methoxy groups -OCH3 is 2. The smallest absolute Gasteiger partial charge is 0.326 e. The van der Waals surface area contributed by atoms with E-state index >= 15 is 0 Å². The van der Waals surface area contributed by atoms with Crippen LogP contribution in [0.2, 0.25) is 10.0 Å². The van der Waals surface area contributed by atoms with E-state index in [0.717, 1.165) is 21.0 Å². The Morgan fingerprint density at radius 1 is 1.00 bits per heavy atom. The molecule has 1 aliphatic rings. The van der Waals surface area contributed by atoms with E-state index < -0.39 is 33.5 Å². The molecule has 45 heavy (non-hydrogen) atoms. The molecule has 242 valence electrons. The summed E-state index contributed by atoms with van der Waals surface area (Å²) in [5.74, 6) is -0.769. The summed E-state index contributed by atoms with van der Waals surface area (Å²) in [7, 11) is -1.04. The Bertz CT molecular complexity index is 1620. The maximum Gasteiger partial charge on any atom is 0.326 e. The van der Waals surface area contributed by atoms with Crippen molar-refractivity contribution in [3.05, 3.63) is 75.8 Å². The molecule has 2 unspecified atom stereocenters. The summed E-state index contributed by atoms with van der Waals surface area (Å²) >= 11 is 12.1. The second kappa shape index (κ2) is 14.4. The predicted octanol–water partition coefficient (Wildman–Crippen LogP) is 5.57. The number of sulfonamides is 1. The lowest BCUT2D eigenvalue weighted by atomic mass is 9.96. The molecule has 0 spiro atoms. The number of rotatable bonds is 13. The Kier molecular flexibility index (Phi) is 11.0. The van der Waals surface area contributed by atoms with Crippen LogP contribution in [0.1, 0.15) is 37.8 Å². The number of nitrogens with one attached hydrogen (secondary N) is 1. The van der Waals surface area contributed by atoms with E-state index in [1.165, 1.54) is 25.1 Å². The SMILES string of the molecule is CCOCc1cc(OC)c(-c2ccc(CC(NC(=O)C3(C)CCCN3S(=O)(=O)c3cc(Cl)cc(Cl)c3)C(=O)O)cc2)c(OC)c1. The van der Waals surface area contributed by atoms with Gasteiger partial charge in [0.1, 0.15) is 23.1 Å². The first kappa shape index (κ1) is 34.5. The third kappa shape index (κ3) is 7.56. The van der Waals surface area contributed by atoms with Crippen LogP contribution < -0.4 is 14.8 Å². The zero-order valence-electron chi connectivity index (χ0n) is 25.4. The Labute approximate surface area is 273 Å². The molecule has 0 saturated carbocycles. The van der Waals surface area contributed by atoms with Crippen molar-refractivity contribution in [1.29, 1.82) is 0 Å². The molecule has 0 aromatic heterocycles. The minimum absolute atomic E-state index is 0.0321. The largest absolute Gasteiger partial charge is 0.496 e. The van der Waals surface area contributed by atoms with Gasteiger partial charge in [0.25, 0.3) is 0 Å². The third-order valence-corrected chi connectivity index (χ3v) is 10.2. The summed E-state index contributed by atoms with van der Waals surface area (Å²) in [5.41, 5.74) is 1.53. The van der Waals surface area contributed by atoms with Crippen LogP contribution in [0.25, 0.3) is 11.1 Å². The minimum Gasteiger partial charge on any atom is -0.496 e. The minimum atomic E-state index is -4.17. The maximum atomic E-state index is 13.6. The Hall–Kier alpha value is -3.35. The average Bonchev–Trinajstić information content (AvgIpc) is 3.42. The summed E-state index contributed by atoms with van der Waals surface area (Å²) in [5, 5.41) is 12.9. The molecule has 0 bridgehead atoms. The third-order valence-electron chi connectivity index (χ3n) is 7.81. The monoisotopic (exact) mass is 678 g/mol. The van der Waals surface area contributed by atoms with E-state index in [1.54, 1.807) is 26.4 Å². The molecular weight excluding hydrogens is 643 g/mol. The number of carboxylic acids is 1. The summed E-state index contributed by atoms with van der Waals surface area (Å²) < 4.78 is 45.0. The highest BCUT2D eigenvalue weighted by atomic mass is 35.5. The zero-order chi connectivity index (χ0) is 32.9. The number of carbonyl (C=O) groups excluding carboxylic acids is 1. The lowest BCUT2D eigenvalue weighted by Crippen LogP contribution is -2.58. The van der Waals surface area contributed by atoms with Crippen LogP contribution in [-0.4, -0.2) is 68.7 Å². The lowest BCUT2D eigenvalue weighted by molar-refractivity contribution is -0.143. The van der Waals surface area contributed by atoms with Crippen molar-refractivity contribution in [2.75, 3.05) is 27.4 Å². The van der Waals surface area contributed by atoms with Crippen LogP contribution in [-0.2, 0) is 37.4 Å². The van der Waals surface area contributed by atoms with Crippen molar-refractivity contribution >= 4 is 45.1 Å². The highest BCUT2D eigenvalue weighted by Crippen LogP contribution is 2.40. The number of hydrogen-bond donors (Lipinski definition) is 2. The van der Waals surface area contributed by atoms with Crippen LogP contribution in [0.15, 0.2) is 59.5 Å². The van der Waals surface area contributed by atoms with Crippen LogP contribution in [0.5, 0.6) is 11.5 Å². The van der Waals surface area contributed by atoms with Gasteiger partial charge in [-0.3, -0.25) is 4.79 Å². The molecule has 2 N–H and O–H groups in total. The second-order valence-corrected chi connectivity index (χ2v) is 13.6. The van der Waals surface area contributed by atoms with Crippen molar-refractivity contribution in [2.24, 2.45) is 0 Å². The van der Waals surface area contributed by atoms with Gasteiger partial charge in [0.2, 0.25) is 15.9 Å². The topological polar surface area (TPSA) is 131 Å². The average molecular weight is 680 g/mol. The standard InChI is InChI=1S/C32H36Cl2N2O8S/c1-5-44-19-21-14-27(42-3)29(28(15-21)43-4)22-9-7-20(8-10-22)13-26(30(37)38)35-31(39)32(2)11-6-12-36(32)45(40,41)25-17-23(33)16-24(34)18-25/h7-10,14-18,26H,5-6,11-13,19H2,1-4H3,(H,35,39)(H,37,38). The van der Waals surface area contributed by atoms with Gasteiger partial charge in [-0.2, -0.15) is 4.31 Å². The van der Waals surface area contributed by atoms with Gasteiger partial charge in [-0.1, -0.05) is 47.5 Å². The van der Waals surface area contributed by atoms with E-state index in [1.807, 2.05) is 31.2 Å². The summed E-state index contributed by atoms with van der Waals surface area (Å²) in [6, 6.07) is 13.6. The Balaban J connectivity index is 1.55. The van der Waals surface area contributed by atoms with Gasteiger partial charge in [0, 0.05) is 29.6 Å². The van der Waals surface area contributed by atoms with Gasteiger partial charge in [-0.15, -0.1) is 0 Å². The van der Waals surface area contributed by atoms with Crippen molar-refractivity contribution in [3.8, 4) is 22.6 Å². The first-order valence-corrected chi connectivity index (χ1v) is 16.5. The van der Waals surface area contributed by atoms with Crippen LogP contribution in [0.4, 0.5) is 0 Å². The van der Waals surface area contributed by atoms with Crippen LogP contribution >= 0.6 is 23.2 Å². The number of carbonyl (C=O) groups is 2. The molecular formula is C32H36Cl2N2O8S. The molecule has 1 fully saturated rings. The first-order chi connectivity index (χ1) is 21.3. The van der Waals surface area contributed by atoms with Gasteiger partial charge < -0.3 is 24.6 Å². The molecule has 2 atom stereocenters. The van der Waals surface area contributed by atoms with Crippen molar-refractivity contribution in [2.45, 2.75) is 56.2 Å². The number of halogens is 2. The molecule has 3 aromatic carbocycles. The quantitative estimate of drug-likeness (QED) is 0.240. The van der Waals surface area contributed by atoms with Crippen molar-refractivity contribution < 1.29 is 37.3 Å². The molecule has 10 nitrogen and oxygen atoms in total. The fraction of sp³-hybridized carbons (Fsp3) is 0.375. The number of hydrogen-bond acceptors (Lipinski definition) is 7. The van der Waals surface area contributed by atoms with E-state index in [0.29, 0.717) is 36.7 Å². The van der Waals surface area contributed by atoms with E-state index in [9.17, 15) is 23.1 Å². The van der Waals surface area contributed by atoms with E-state index in [4.69, 9.17) is 37.4 Å². The zero-order valence-corrected chi connectivity index (χ0v) is 27.8. The van der Waals surface area contributed by atoms with Gasteiger partial charge in [0.15, 0.2) is 0 Å². The molecule has 0 aliphatic carbocycles. The molecule has 1 saturated heterocycles. The number of ether oxygens (including phenoxy) is 3. The number of nitrogens with zero attached hydrogens (tertiary/aromatic N) is 1. The lowest BCUT2D eigenvalue weighted by Gasteiger charge is -2.34. The molecule has 1 amide bonds. The first-order valence-electron chi connectivity index (χ1n) is 14.3. The molecule has 13 heteroatoms. The van der Waals surface area contributed by atoms with Crippen molar-refractivity contribution in [3.63, 3.8) is 0 Å². The number of carboxylic acid groups (broad SMARTS) is 1. The van der Waals surface area contributed by atoms with Gasteiger partial charge >= 0.3 is 5.97 Å².